The molecule has 1 unspecified atom stereocenters. The zero-order chi connectivity index (χ0) is 11.4. The maximum absolute atomic E-state index is 11.2. The normalized spacial score (nSPS) is 20.0. The van der Waals surface area contributed by atoms with Gasteiger partial charge in [0.1, 0.15) is 6.61 Å². The van der Waals surface area contributed by atoms with Gasteiger partial charge in [0.2, 0.25) is 6.23 Å². The second-order valence-corrected chi connectivity index (χ2v) is 3.13. The quantitative estimate of drug-likeness (QED) is 0.522. The molecule has 0 aromatic heterocycles. The third-order valence-corrected chi connectivity index (χ3v) is 1.86. The van der Waals surface area contributed by atoms with Crippen molar-refractivity contribution in [2.45, 2.75) is 13.2 Å². The van der Waals surface area contributed by atoms with Gasteiger partial charge in [-0.05, 0) is 6.92 Å². The van der Waals surface area contributed by atoms with E-state index >= 15 is 0 Å². The Labute approximate surface area is 87.1 Å². The van der Waals surface area contributed by atoms with Crippen LogP contribution in [0.15, 0.2) is 12.2 Å². The number of hydrogen-bond donors (Lipinski definition) is 1. The molecule has 1 rings (SSSR count). The van der Waals surface area contributed by atoms with E-state index in [4.69, 9.17) is 9.84 Å². The molecule has 0 spiro atoms. The number of esters is 1. The van der Waals surface area contributed by atoms with Crippen LogP contribution in [-0.4, -0.2) is 48.1 Å². The Hall–Kier alpha value is -1.56. The van der Waals surface area contributed by atoms with Gasteiger partial charge >= 0.3 is 12.1 Å². The highest BCUT2D eigenvalue weighted by Crippen LogP contribution is 2.14. The molecule has 0 aliphatic carbocycles. The lowest BCUT2D eigenvalue weighted by molar-refractivity contribution is -0.150. The van der Waals surface area contributed by atoms with Gasteiger partial charge in [0.05, 0.1) is 13.2 Å². The number of hydrogen-bond acceptors (Lipinski definition) is 5. The summed E-state index contributed by atoms with van der Waals surface area (Å²) in [5, 5.41) is 8.70. The third-order valence-electron chi connectivity index (χ3n) is 1.86. The summed E-state index contributed by atoms with van der Waals surface area (Å²) >= 11 is 0. The fraction of sp³-hybridized carbons (Fsp3) is 0.556. The summed E-state index contributed by atoms with van der Waals surface area (Å²) in [6.07, 6.45) is -1.36. The van der Waals surface area contributed by atoms with Gasteiger partial charge in [-0.15, -0.1) is 0 Å². The lowest BCUT2D eigenvalue weighted by atomic mass is 10.3. The molecular formula is C9H13NO5. The zero-order valence-corrected chi connectivity index (χ0v) is 8.43. The molecule has 0 saturated carbocycles. The highest BCUT2D eigenvalue weighted by atomic mass is 16.6. The zero-order valence-electron chi connectivity index (χ0n) is 8.43. The molecule has 0 aromatic rings. The summed E-state index contributed by atoms with van der Waals surface area (Å²) in [6.45, 7) is 4.78. The number of aliphatic hydroxyl groups is 1. The van der Waals surface area contributed by atoms with Crippen molar-refractivity contribution in [1.29, 1.82) is 0 Å². The molecule has 1 aliphatic rings. The molecule has 1 saturated heterocycles. The Balaban J connectivity index is 2.57. The molecule has 6 heteroatoms. The van der Waals surface area contributed by atoms with Gasteiger partial charge in [0.15, 0.2) is 0 Å². The average Bonchev–Trinajstić information content (AvgIpc) is 2.50. The average molecular weight is 215 g/mol. The molecule has 15 heavy (non-hydrogen) atoms. The standard InChI is InChI=1S/C9H13NO5/c1-6(2)8(12)15-7-5-14-9(13)10(7)3-4-11/h7,11H,1,3-5H2,2H3. The van der Waals surface area contributed by atoms with Crippen LogP contribution in [0, 0.1) is 0 Å². The van der Waals surface area contributed by atoms with Crippen molar-refractivity contribution in [2.24, 2.45) is 0 Å². The Morgan fingerprint density at radius 2 is 2.47 bits per heavy atom. The Kier molecular flexibility index (Phi) is 3.68. The van der Waals surface area contributed by atoms with E-state index in [1.807, 2.05) is 0 Å². The van der Waals surface area contributed by atoms with Crippen LogP contribution in [0.5, 0.6) is 0 Å². The lowest BCUT2D eigenvalue weighted by Gasteiger charge is -2.20. The number of rotatable bonds is 4. The van der Waals surface area contributed by atoms with Crippen molar-refractivity contribution in [3.05, 3.63) is 12.2 Å². The number of carbonyl (C=O) groups excluding carboxylic acids is 2. The van der Waals surface area contributed by atoms with Crippen LogP contribution in [0.1, 0.15) is 6.92 Å². The molecule has 1 fully saturated rings. The van der Waals surface area contributed by atoms with Gasteiger partial charge in [-0.2, -0.15) is 0 Å². The van der Waals surface area contributed by atoms with E-state index in [1.165, 1.54) is 6.92 Å². The maximum atomic E-state index is 11.2. The Morgan fingerprint density at radius 3 is 3.00 bits per heavy atom. The summed E-state index contributed by atoms with van der Waals surface area (Å²) in [6, 6.07) is 0. The van der Waals surface area contributed by atoms with Gasteiger partial charge in [-0.25, -0.2) is 9.59 Å². The van der Waals surface area contributed by atoms with Crippen LogP contribution < -0.4 is 0 Å². The minimum Gasteiger partial charge on any atom is -0.443 e. The molecule has 1 N–H and O–H groups in total. The molecule has 1 aliphatic heterocycles. The van der Waals surface area contributed by atoms with Crippen LogP contribution >= 0.6 is 0 Å². The third kappa shape index (κ3) is 2.69. The first-order valence-corrected chi connectivity index (χ1v) is 4.47. The largest absolute Gasteiger partial charge is 0.443 e. The number of amides is 1. The van der Waals surface area contributed by atoms with E-state index in [9.17, 15) is 9.59 Å². The van der Waals surface area contributed by atoms with E-state index < -0.39 is 18.3 Å². The molecule has 0 bridgehead atoms. The molecule has 1 heterocycles. The van der Waals surface area contributed by atoms with E-state index in [0.717, 1.165) is 4.90 Å². The fourth-order valence-electron chi connectivity index (χ4n) is 1.10. The molecule has 0 radical (unpaired) electrons. The summed E-state index contributed by atoms with van der Waals surface area (Å²) in [7, 11) is 0. The van der Waals surface area contributed by atoms with Crippen LogP contribution in [0.25, 0.3) is 0 Å². The molecule has 0 aromatic carbocycles. The van der Waals surface area contributed by atoms with Crippen LogP contribution in [0.2, 0.25) is 0 Å². The first kappa shape index (κ1) is 11.5. The molecule has 1 amide bonds. The van der Waals surface area contributed by atoms with Gasteiger partial charge in [-0.3, -0.25) is 4.90 Å². The van der Waals surface area contributed by atoms with E-state index in [-0.39, 0.29) is 25.3 Å². The Bertz CT molecular complexity index is 288. The second-order valence-electron chi connectivity index (χ2n) is 3.13. The minimum atomic E-state index is -0.770. The lowest BCUT2D eigenvalue weighted by Crippen LogP contribution is -2.38. The topological polar surface area (TPSA) is 76.1 Å². The maximum Gasteiger partial charge on any atom is 0.413 e. The first-order chi connectivity index (χ1) is 7.06. The molecule has 6 nitrogen and oxygen atoms in total. The van der Waals surface area contributed by atoms with Crippen molar-refractivity contribution in [1.82, 2.24) is 4.90 Å². The number of carbonyl (C=O) groups is 2. The van der Waals surface area contributed by atoms with Crippen molar-refractivity contribution in [3.63, 3.8) is 0 Å². The van der Waals surface area contributed by atoms with Gasteiger partial charge in [0, 0.05) is 5.57 Å². The summed E-state index contributed by atoms with van der Waals surface area (Å²) in [5.74, 6) is -0.582. The summed E-state index contributed by atoms with van der Waals surface area (Å²) in [4.78, 5) is 23.4. The van der Waals surface area contributed by atoms with Crippen LogP contribution in [-0.2, 0) is 14.3 Å². The van der Waals surface area contributed by atoms with E-state index in [2.05, 4.69) is 11.3 Å². The van der Waals surface area contributed by atoms with Crippen molar-refractivity contribution in [3.8, 4) is 0 Å². The van der Waals surface area contributed by atoms with Gasteiger partial charge < -0.3 is 14.6 Å². The van der Waals surface area contributed by atoms with Crippen molar-refractivity contribution in [2.75, 3.05) is 19.8 Å². The van der Waals surface area contributed by atoms with Crippen LogP contribution in [0.3, 0.4) is 0 Å². The van der Waals surface area contributed by atoms with Crippen molar-refractivity contribution < 1.29 is 24.2 Å². The minimum absolute atomic E-state index is 0.0160. The number of ether oxygens (including phenoxy) is 2. The van der Waals surface area contributed by atoms with E-state index in [0.29, 0.717) is 0 Å². The smallest absolute Gasteiger partial charge is 0.413 e. The predicted octanol–water partition coefficient (Wildman–Crippen LogP) is -0.124. The number of β-amino-alcohol motifs (C(OH)–C–C–N with tert-alkyl or cyclic N) is 1. The number of cyclic esters (lactones) is 1. The Morgan fingerprint density at radius 1 is 1.80 bits per heavy atom. The SMILES string of the molecule is C=C(C)C(=O)OC1COC(=O)N1CCO. The highest BCUT2D eigenvalue weighted by Gasteiger charge is 2.35. The summed E-state index contributed by atoms with van der Waals surface area (Å²) < 4.78 is 9.62. The fourth-order valence-corrected chi connectivity index (χ4v) is 1.10. The van der Waals surface area contributed by atoms with Gasteiger partial charge in [0.25, 0.3) is 0 Å². The summed E-state index contributed by atoms with van der Waals surface area (Å²) in [5.41, 5.74) is 0.248. The monoisotopic (exact) mass is 215 g/mol. The predicted molar refractivity (Wildman–Crippen MR) is 49.8 cm³/mol. The number of aliphatic hydroxyl groups excluding tert-OH is 1. The van der Waals surface area contributed by atoms with Gasteiger partial charge in [-0.1, -0.05) is 6.58 Å². The van der Waals surface area contributed by atoms with Crippen LogP contribution in [0.4, 0.5) is 4.79 Å². The number of nitrogens with zero attached hydrogens (tertiary/aromatic N) is 1. The molecule has 84 valence electrons. The highest BCUT2D eigenvalue weighted by molar-refractivity contribution is 5.87. The van der Waals surface area contributed by atoms with Crippen molar-refractivity contribution >= 4 is 12.1 Å². The second kappa shape index (κ2) is 4.79. The molecule has 1 atom stereocenters. The first-order valence-electron chi connectivity index (χ1n) is 4.47. The molecular weight excluding hydrogens is 202 g/mol. The van der Waals surface area contributed by atoms with E-state index in [1.54, 1.807) is 0 Å².